The second kappa shape index (κ2) is 7.97. The van der Waals surface area contributed by atoms with Gasteiger partial charge in [0.25, 0.3) is 0 Å². The molecule has 1 aliphatic rings. The summed E-state index contributed by atoms with van der Waals surface area (Å²) in [4.78, 5) is 12.5. The molecule has 0 saturated heterocycles. The molecule has 3 rings (SSSR count). The quantitative estimate of drug-likeness (QED) is 0.841. The van der Waals surface area contributed by atoms with Crippen LogP contribution in [0.25, 0.3) is 6.08 Å². The Bertz CT molecular complexity index is 913. The number of aromatic hydroxyl groups is 2. The highest BCUT2D eigenvalue weighted by Crippen LogP contribution is 2.32. The monoisotopic (exact) mass is 368 g/mol. The molecule has 0 aromatic heterocycles. The third-order valence-corrected chi connectivity index (χ3v) is 4.20. The number of ketones is 1. The van der Waals surface area contributed by atoms with Gasteiger partial charge >= 0.3 is 0 Å². The zero-order valence-electron chi connectivity index (χ0n) is 15.0. The first-order chi connectivity index (χ1) is 13.0. The molecule has 1 heterocycles. The molecular formula is C21H20O6. The van der Waals surface area contributed by atoms with Gasteiger partial charge in [-0.2, -0.15) is 0 Å². The van der Waals surface area contributed by atoms with Crippen molar-refractivity contribution in [2.45, 2.75) is 6.10 Å². The summed E-state index contributed by atoms with van der Waals surface area (Å²) in [5.74, 6) is 0.561. The smallest absolute Gasteiger partial charge is 0.189 e. The van der Waals surface area contributed by atoms with Gasteiger partial charge < -0.3 is 24.4 Å². The Hall–Kier alpha value is -3.25. The highest BCUT2D eigenvalue weighted by atomic mass is 16.5. The molecule has 2 aromatic rings. The molecule has 1 unspecified atom stereocenters. The lowest BCUT2D eigenvalue weighted by atomic mass is 10.00. The average molecular weight is 368 g/mol. The first-order valence-corrected chi connectivity index (χ1v) is 8.30. The van der Waals surface area contributed by atoms with E-state index in [1.807, 2.05) is 6.08 Å². The topological polar surface area (TPSA) is 85.2 Å². The Morgan fingerprint density at radius 3 is 2.33 bits per heavy atom. The van der Waals surface area contributed by atoms with Crippen LogP contribution in [0, 0.1) is 0 Å². The van der Waals surface area contributed by atoms with Crippen LogP contribution in [0.15, 0.2) is 54.1 Å². The number of hydrogen-bond donors (Lipinski definition) is 2. The fourth-order valence-electron chi connectivity index (χ4n) is 2.78. The van der Waals surface area contributed by atoms with Crippen LogP contribution >= 0.6 is 0 Å². The molecule has 0 radical (unpaired) electrons. The zero-order chi connectivity index (χ0) is 19.4. The molecule has 0 saturated carbocycles. The first-order valence-electron chi connectivity index (χ1n) is 8.30. The lowest BCUT2D eigenvalue weighted by molar-refractivity contribution is -0.126. The molecule has 2 aromatic carbocycles. The van der Waals surface area contributed by atoms with E-state index in [4.69, 9.17) is 14.2 Å². The Morgan fingerprint density at radius 2 is 1.67 bits per heavy atom. The summed E-state index contributed by atoms with van der Waals surface area (Å²) in [6, 6.07) is 9.69. The number of benzene rings is 2. The summed E-state index contributed by atoms with van der Waals surface area (Å²) in [5.41, 5.74) is 2.18. The number of carbonyl (C=O) groups is 1. The first kappa shape index (κ1) is 18.5. The van der Waals surface area contributed by atoms with E-state index < -0.39 is 6.10 Å². The summed E-state index contributed by atoms with van der Waals surface area (Å²) in [6.07, 6.45) is 4.42. The molecular weight excluding hydrogens is 348 g/mol. The van der Waals surface area contributed by atoms with Gasteiger partial charge in [-0.3, -0.25) is 4.79 Å². The summed E-state index contributed by atoms with van der Waals surface area (Å²) >= 11 is 0. The van der Waals surface area contributed by atoms with Crippen LogP contribution in [0.1, 0.15) is 17.2 Å². The molecule has 0 amide bonds. The molecule has 140 valence electrons. The van der Waals surface area contributed by atoms with Gasteiger partial charge in [0.15, 0.2) is 28.8 Å². The summed E-state index contributed by atoms with van der Waals surface area (Å²) in [5, 5.41) is 19.3. The largest absolute Gasteiger partial charge is 0.504 e. The predicted molar refractivity (Wildman–Crippen MR) is 100 cm³/mol. The van der Waals surface area contributed by atoms with E-state index in [0.717, 1.165) is 11.1 Å². The zero-order valence-corrected chi connectivity index (χ0v) is 15.0. The van der Waals surface area contributed by atoms with Gasteiger partial charge in [0.2, 0.25) is 0 Å². The van der Waals surface area contributed by atoms with E-state index in [2.05, 4.69) is 0 Å². The third kappa shape index (κ3) is 4.12. The standard InChI is InChI=1S/C21H20O6/c1-25-19-10-13(5-7-16(19)22)3-4-14-9-18(24)21(27-12-14)15-6-8-17(23)20(11-15)26-2/h3-11,21-23H,12H2,1-2H3. The highest BCUT2D eigenvalue weighted by Gasteiger charge is 2.25. The summed E-state index contributed by atoms with van der Waals surface area (Å²) < 4.78 is 15.9. The molecule has 0 fully saturated rings. The number of carbonyl (C=O) groups excluding carboxylic acids is 1. The number of phenolic OH excluding ortho intramolecular Hbond substituents is 2. The average Bonchev–Trinajstić information content (AvgIpc) is 2.68. The number of phenols is 2. The Labute approximate surface area is 156 Å². The van der Waals surface area contributed by atoms with E-state index in [0.29, 0.717) is 17.1 Å². The van der Waals surface area contributed by atoms with Crippen molar-refractivity contribution in [3.8, 4) is 23.0 Å². The maximum Gasteiger partial charge on any atom is 0.189 e. The van der Waals surface area contributed by atoms with E-state index in [1.165, 1.54) is 20.3 Å². The van der Waals surface area contributed by atoms with Crippen LogP contribution in [0.3, 0.4) is 0 Å². The van der Waals surface area contributed by atoms with Crippen molar-refractivity contribution in [1.29, 1.82) is 0 Å². The summed E-state index contributed by atoms with van der Waals surface area (Å²) in [6.45, 7) is 0.269. The number of ether oxygens (including phenoxy) is 3. The van der Waals surface area contributed by atoms with Gasteiger partial charge in [-0.15, -0.1) is 0 Å². The second-order valence-electron chi connectivity index (χ2n) is 6.01. The van der Waals surface area contributed by atoms with Crippen molar-refractivity contribution in [2.24, 2.45) is 0 Å². The van der Waals surface area contributed by atoms with Crippen molar-refractivity contribution in [1.82, 2.24) is 0 Å². The molecule has 6 heteroatoms. The van der Waals surface area contributed by atoms with Gasteiger partial charge in [-0.25, -0.2) is 0 Å². The van der Waals surface area contributed by atoms with E-state index in [-0.39, 0.29) is 23.9 Å². The lowest BCUT2D eigenvalue weighted by Crippen LogP contribution is -2.20. The number of methoxy groups -OCH3 is 2. The lowest BCUT2D eigenvalue weighted by Gasteiger charge is -2.21. The van der Waals surface area contributed by atoms with Crippen LogP contribution in [0.2, 0.25) is 0 Å². The maximum absolute atomic E-state index is 12.5. The van der Waals surface area contributed by atoms with Crippen molar-refractivity contribution < 1.29 is 29.2 Å². The van der Waals surface area contributed by atoms with Gasteiger partial charge in [0.05, 0.1) is 20.8 Å². The molecule has 0 aliphatic carbocycles. The predicted octanol–water partition coefficient (Wildman–Crippen LogP) is 3.40. The molecule has 1 atom stereocenters. The third-order valence-electron chi connectivity index (χ3n) is 4.20. The van der Waals surface area contributed by atoms with Crippen LogP contribution in [-0.2, 0) is 9.53 Å². The van der Waals surface area contributed by atoms with Crippen molar-refractivity contribution in [2.75, 3.05) is 20.8 Å². The Kier molecular flexibility index (Phi) is 5.47. The van der Waals surface area contributed by atoms with Gasteiger partial charge in [0.1, 0.15) is 6.10 Å². The highest BCUT2D eigenvalue weighted by molar-refractivity contribution is 5.96. The van der Waals surface area contributed by atoms with E-state index in [1.54, 1.807) is 42.5 Å². The summed E-state index contributed by atoms with van der Waals surface area (Å²) in [7, 11) is 2.93. The maximum atomic E-state index is 12.5. The molecule has 1 aliphatic heterocycles. The number of rotatable bonds is 5. The van der Waals surface area contributed by atoms with Crippen LogP contribution in [0.4, 0.5) is 0 Å². The fraction of sp³-hybridized carbons (Fsp3) is 0.190. The minimum absolute atomic E-state index is 0.00741. The van der Waals surface area contributed by atoms with Gasteiger partial charge in [0, 0.05) is 0 Å². The van der Waals surface area contributed by atoms with Crippen molar-refractivity contribution >= 4 is 11.9 Å². The molecule has 6 nitrogen and oxygen atoms in total. The van der Waals surface area contributed by atoms with Crippen LogP contribution < -0.4 is 9.47 Å². The van der Waals surface area contributed by atoms with E-state index in [9.17, 15) is 15.0 Å². The van der Waals surface area contributed by atoms with Gasteiger partial charge in [-0.05, 0) is 47.0 Å². The molecule has 0 bridgehead atoms. The van der Waals surface area contributed by atoms with Crippen molar-refractivity contribution in [3.63, 3.8) is 0 Å². The van der Waals surface area contributed by atoms with Crippen molar-refractivity contribution in [3.05, 3.63) is 65.3 Å². The SMILES string of the molecule is COc1cc(C=CC2=CC(=O)C(c3ccc(O)c(OC)c3)OC2)ccc1O. The van der Waals surface area contributed by atoms with E-state index >= 15 is 0 Å². The molecule has 0 spiro atoms. The second-order valence-corrected chi connectivity index (χ2v) is 6.01. The van der Waals surface area contributed by atoms with Crippen LogP contribution in [-0.4, -0.2) is 36.8 Å². The van der Waals surface area contributed by atoms with Crippen LogP contribution in [0.5, 0.6) is 23.0 Å². The minimum atomic E-state index is -0.731. The van der Waals surface area contributed by atoms with Gasteiger partial charge in [-0.1, -0.05) is 24.3 Å². The fourth-order valence-corrected chi connectivity index (χ4v) is 2.78. The minimum Gasteiger partial charge on any atom is -0.504 e. The molecule has 2 N–H and O–H groups in total. The Balaban J connectivity index is 1.76. The normalized spacial score (nSPS) is 17.0. The number of hydrogen-bond acceptors (Lipinski definition) is 6. The molecule has 27 heavy (non-hydrogen) atoms. The Morgan fingerprint density at radius 1 is 1.00 bits per heavy atom.